The molecule has 0 aromatic rings. The van der Waals surface area contributed by atoms with Crippen molar-refractivity contribution in [2.45, 2.75) is 71.9 Å². The van der Waals surface area contributed by atoms with Gasteiger partial charge in [0.15, 0.2) is 0 Å². The van der Waals surface area contributed by atoms with Crippen LogP contribution in [0.4, 0.5) is 0 Å². The fraction of sp³-hybridized carbons (Fsp3) is 1.00. The molecule has 0 aromatic heterocycles. The summed E-state index contributed by atoms with van der Waals surface area (Å²) in [5.74, 6) is 0.976. The van der Waals surface area contributed by atoms with Gasteiger partial charge >= 0.3 is 0 Å². The normalized spacial score (nSPS) is 34.8. The molecular weight excluding hydrogens is 220 g/mol. The van der Waals surface area contributed by atoms with Gasteiger partial charge in [0.05, 0.1) is 0 Å². The summed E-state index contributed by atoms with van der Waals surface area (Å²) in [5.41, 5.74) is 0.825. The van der Waals surface area contributed by atoms with Gasteiger partial charge in [0, 0.05) is 24.7 Å². The number of nitrogens with one attached hydrogen (secondary N) is 1. The molecule has 18 heavy (non-hydrogen) atoms. The molecule has 0 radical (unpaired) electrons. The van der Waals surface area contributed by atoms with Gasteiger partial charge in [-0.2, -0.15) is 0 Å². The Bertz CT molecular complexity index is 277. The van der Waals surface area contributed by atoms with E-state index < -0.39 is 0 Å². The van der Waals surface area contributed by atoms with Crippen LogP contribution in [0.1, 0.15) is 60.3 Å². The van der Waals surface area contributed by atoms with Crippen LogP contribution in [0.5, 0.6) is 0 Å². The highest BCUT2D eigenvalue weighted by Crippen LogP contribution is 2.36. The molecule has 2 fully saturated rings. The topological polar surface area (TPSA) is 15.3 Å². The summed E-state index contributed by atoms with van der Waals surface area (Å²) in [6.45, 7) is 15.6. The molecule has 1 aliphatic heterocycles. The van der Waals surface area contributed by atoms with Crippen molar-refractivity contribution in [3.05, 3.63) is 0 Å². The Kier molecular flexibility index (Phi) is 4.08. The van der Waals surface area contributed by atoms with Crippen molar-refractivity contribution >= 4 is 0 Å². The van der Waals surface area contributed by atoms with Gasteiger partial charge in [-0.1, -0.05) is 27.7 Å². The number of hydrogen-bond acceptors (Lipinski definition) is 2. The molecule has 2 atom stereocenters. The molecule has 1 saturated carbocycles. The van der Waals surface area contributed by atoms with E-state index in [1.807, 2.05) is 0 Å². The second-order valence-electron chi connectivity index (χ2n) is 7.93. The van der Waals surface area contributed by atoms with Crippen molar-refractivity contribution in [3.8, 4) is 0 Å². The van der Waals surface area contributed by atoms with Gasteiger partial charge in [-0.15, -0.1) is 0 Å². The predicted molar refractivity (Wildman–Crippen MR) is 78.9 cm³/mol. The monoisotopic (exact) mass is 252 g/mol. The van der Waals surface area contributed by atoms with E-state index in [1.54, 1.807) is 0 Å². The minimum atomic E-state index is 0.372. The van der Waals surface area contributed by atoms with E-state index in [4.69, 9.17) is 0 Å². The minimum Gasteiger partial charge on any atom is -0.311 e. The zero-order valence-corrected chi connectivity index (χ0v) is 13.1. The maximum atomic E-state index is 3.81. The van der Waals surface area contributed by atoms with Crippen molar-refractivity contribution in [1.82, 2.24) is 10.2 Å². The average molecular weight is 252 g/mol. The average Bonchev–Trinajstić information content (AvgIpc) is 3.11. The van der Waals surface area contributed by atoms with Crippen LogP contribution < -0.4 is 5.32 Å². The number of rotatable bonds is 4. The quantitative estimate of drug-likeness (QED) is 0.826. The van der Waals surface area contributed by atoms with Crippen molar-refractivity contribution in [1.29, 1.82) is 0 Å². The standard InChI is InChI=1S/C16H32N2/c1-6-16(5)12-17-14(13-7-8-13)11-18(16)10-9-15(2,3)4/h13-14,17H,6-12H2,1-5H3. The third-order valence-electron chi connectivity index (χ3n) is 5.01. The molecule has 1 aliphatic carbocycles. The molecule has 2 nitrogen and oxygen atoms in total. The van der Waals surface area contributed by atoms with Crippen LogP contribution in [0.15, 0.2) is 0 Å². The Morgan fingerprint density at radius 1 is 1.28 bits per heavy atom. The van der Waals surface area contributed by atoms with Gasteiger partial charge in [-0.3, -0.25) is 4.90 Å². The maximum absolute atomic E-state index is 3.81. The Morgan fingerprint density at radius 2 is 1.94 bits per heavy atom. The Balaban J connectivity index is 1.95. The Labute approximate surface area is 114 Å². The van der Waals surface area contributed by atoms with Gasteiger partial charge in [0.2, 0.25) is 0 Å². The molecule has 0 aromatic carbocycles. The second-order valence-corrected chi connectivity index (χ2v) is 7.93. The zero-order valence-electron chi connectivity index (χ0n) is 13.1. The van der Waals surface area contributed by atoms with E-state index in [1.165, 1.54) is 45.3 Å². The first-order valence-electron chi connectivity index (χ1n) is 7.82. The first-order valence-corrected chi connectivity index (χ1v) is 7.82. The lowest BCUT2D eigenvalue weighted by Gasteiger charge is -2.49. The summed E-state index contributed by atoms with van der Waals surface area (Å²) in [6, 6.07) is 0.768. The van der Waals surface area contributed by atoms with Gasteiger partial charge < -0.3 is 5.32 Å². The molecule has 2 unspecified atom stereocenters. The highest BCUT2D eigenvalue weighted by Gasteiger charge is 2.41. The van der Waals surface area contributed by atoms with Crippen molar-refractivity contribution in [2.75, 3.05) is 19.6 Å². The molecule has 0 bridgehead atoms. The molecule has 106 valence electrons. The zero-order chi connectivity index (χ0) is 13.4. The van der Waals surface area contributed by atoms with Crippen LogP contribution in [0.2, 0.25) is 0 Å². The lowest BCUT2D eigenvalue weighted by Crippen LogP contribution is -2.63. The van der Waals surface area contributed by atoms with Crippen molar-refractivity contribution in [2.24, 2.45) is 11.3 Å². The van der Waals surface area contributed by atoms with E-state index >= 15 is 0 Å². The Hall–Kier alpha value is -0.0800. The van der Waals surface area contributed by atoms with Gasteiger partial charge in [0.1, 0.15) is 0 Å². The smallest absolute Gasteiger partial charge is 0.0303 e. The van der Waals surface area contributed by atoms with E-state index in [9.17, 15) is 0 Å². The second kappa shape index (κ2) is 5.13. The summed E-state index contributed by atoms with van der Waals surface area (Å²) >= 11 is 0. The number of hydrogen-bond donors (Lipinski definition) is 1. The van der Waals surface area contributed by atoms with E-state index in [-0.39, 0.29) is 0 Å². The molecule has 2 aliphatic rings. The SMILES string of the molecule is CCC1(C)CNC(C2CC2)CN1CCC(C)(C)C. The Morgan fingerprint density at radius 3 is 2.44 bits per heavy atom. The predicted octanol–water partition coefficient (Wildman–Crippen LogP) is 3.28. The van der Waals surface area contributed by atoms with Gasteiger partial charge in [-0.05, 0) is 50.5 Å². The summed E-state index contributed by atoms with van der Waals surface area (Å²) in [6.07, 6.45) is 5.46. The summed E-state index contributed by atoms with van der Waals surface area (Å²) < 4.78 is 0. The first kappa shape index (κ1) is 14.3. The van der Waals surface area contributed by atoms with Crippen LogP contribution in [0, 0.1) is 11.3 Å². The lowest BCUT2D eigenvalue weighted by atomic mass is 9.87. The molecule has 0 spiro atoms. The lowest BCUT2D eigenvalue weighted by molar-refractivity contribution is 0.0354. The van der Waals surface area contributed by atoms with Crippen molar-refractivity contribution in [3.63, 3.8) is 0 Å². The van der Waals surface area contributed by atoms with Crippen LogP contribution in [0.3, 0.4) is 0 Å². The molecule has 2 heteroatoms. The van der Waals surface area contributed by atoms with Crippen LogP contribution >= 0.6 is 0 Å². The third-order valence-corrected chi connectivity index (χ3v) is 5.01. The van der Waals surface area contributed by atoms with Gasteiger partial charge in [0.25, 0.3) is 0 Å². The molecule has 1 heterocycles. The summed E-state index contributed by atoms with van der Waals surface area (Å²) in [7, 11) is 0. The van der Waals surface area contributed by atoms with Crippen LogP contribution in [-0.4, -0.2) is 36.1 Å². The molecule has 0 amide bonds. The highest BCUT2D eigenvalue weighted by atomic mass is 15.3. The van der Waals surface area contributed by atoms with E-state index in [2.05, 4.69) is 44.8 Å². The highest BCUT2D eigenvalue weighted by molar-refractivity contribution is 4.99. The van der Waals surface area contributed by atoms with Crippen LogP contribution in [-0.2, 0) is 0 Å². The summed E-state index contributed by atoms with van der Waals surface area (Å²) in [4.78, 5) is 2.78. The van der Waals surface area contributed by atoms with Gasteiger partial charge in [-0.25, -0.2) is 0 Å². The number of nitrogens with zero attached hydrogens (tertiary/aromatic N) is 1. The molecule has 2 rings (SSSR count). The molecule has 1 N–H and O–H groups in total. The van der Waals surface area contributed by atoms with Crippen LogP contribution in [0.25, 0.3) is 0 Å². The molecular formula is C16H32N2. The fourth-order valence-electron chi connectivity index (χ4n) is 2.98. The number of piperazine rings is 1. The van der Waals surface area contributed by atoms with Crippen molar-refractivity contribution < 1.29 is 0 Å². The molecule has 1 saturated heterocycles. The summed E-state index contributed by atoms with van der Waals surface area (Å²) in [5, 5.41) is 3.81. The largest absolute Gasteiger partial charge is 0.311 e. The van der Waals surface area contributed by atoms with E-state index in [0.717, 1.165) is 12.0 Å². The third kappa shape index (κ3) is 3.48. The van der Waals surface area contributed by atoms with E-state index in [0.29, 0.717) is 11.0 Å². The fourth-order valence-corrected chi connectivity index (χ4v) is 2.98. The maximum Gasteiger partial charge on any atom is 0.0303 e. The minimum absolute atomic E-state index is 0.372. The first-order chi connectivity index (χ1) is 8.34.